The first-order chi connectivity index (χ1) is 6.11. The highest BCUT2D eigenvalue weighted by molar-refractivity contribution is 6.04. The zero-order valence-electron chi connectivity index (χ0n) is 7.69. The lowest BCUT2D eigenvalue weighted by atomic mass is 9.79. The summed E-state index contributed by atoms with van der Waals surface area (Å²) in [4.78, 5) is 24.3. The summed E-state index contributed by atoms with van der Waals surface area (Å²) in [6.45, 7) is 0. The standard InChI is InChI=1S/C9H14N2O2/c1-11-8(12)6-3-2-5(10)4-7(6)9(11)13/h5-7H,2-4,10H2,1H3/t5-,6+,7-/m0/s1. The van der Waals surface area contributed by atoms with E-state index in [9.17, 15) is 9.59 Å². The van der Waals surface area contributed by atoms with E-state index in [-0.39, 0.29) is 29.7 Å². The Morgan fingerprint density at radius 3 is 2.54 bits per heavy atom. The van der Waals surface area contributed by atoms with Gasteiger partial charge in [-0.2, -0.15) is 0 Å². The molecule has 1 aliphatic carbocycles. The van der Waals surface area contributed by atoms with Crippen molar-refractivity contribution in [1.29, 1.82) is 0 Å². The predicted molar refractivity (Wildman–Crippen MR) is 46.6 cm³/mol. The van der Waals surface area contributed by atoms with Gasteiger partial charge < -0.3 is 5.73 Å². The largest absolute Gasteiger partial charge is 0.328 e. The fourth-order valence-electron chi connectivity index (χ4n) is 2.38. The van der Waals surface area contributed by atoms with Crippen LogP contribution in [-0.2, 0) is 9.59 Å². The van der Waals surface area contributed by atoms with Gasteiger partial charge in [-0.05, 0) is 19.3 Å². The number of fused-ring (bicyclic) bond motifs is 1. The number of carbonyl (C=O) groups is 2. The quantitative estimate of drug-likeness (QED) is 0.524. The topological polar surface area (TPSA) is 63.4 Å². The van der Waals surface area contributed by atoms with Crippen molar-refractivity contribution in [2.45, 2.75) is 25.3 Å². The van der Waals surface area contributed by atoms with Gasteiger partial charge in [0.1, 0.15) is 0 Å². The van der Waals surface area contributed by atoms with Gasteiger partial charge in [0, 0.05) is 13.1 Å². The second-order valence-electron chi connectivity index (χ2n) is 4.02. The molecular weight excluding hydrogens is 168 g/mol. The fourth-order valence-corrected chi connectivity index (χ4v) is 2.38. The van der Waals surface area contributed by atoms with E-state index in [0.29, 0.717) is 6.42 Å². The number of hydrogen-bond acceptors (Lipinski definition) is 3. The average Bonchev–Trinajstić information content (AvgIpc) is 2.32. The number of rotatable bonds is 0. The summed E-state index contributed by atoms with van der Waals surface area (Å²) < 4.78 is 0. The van der Waals surface area contributed by atoms with E-state index < -0.39 is 0 Å². The van der Waals surface area contributed by atoms with E-state index in [1.807, 2.05) is 0 Å². The van der Waals surface area contributed by atoms with E-state index >= 15 is 0 Å². The lowest BCUT2D eigenvalue weighted by Crippen LogP contribution is -2.34. The molecule has 0 aromatic carbocycles. The molecule has 0 aromatic rings. The fraction of sp³-hybridized carbons (Fsp3) is 0.778. The van der Waals surface area contributed by atoms with Crippen molar-refractivity contribution >= 4 is 11.8 Å². The zero-order valence-corrected chi connectivity index (χ0v) is 7.69. The number of amides is 2. The monoisotopic (exact) mass is 182 g/mol. The Labute approximate surface area is 77.1 Å². The molecule has 4 nitrogen and oxygen atoms in total. The highest BCUT2D eigenvalue weighted by Gasteiger charge is 2.47. The van der Waals surface area contributed by atoms with Crippen LogP contribution in [0.4, 0.5) is 0 Å². The van der Waals surface area contributed by atoms with Crippen LogP contribution in [0, 0.1) is 11.8 Å². The third-order valence-electron chi connectivity index (χ3n) is 3.19. The molecule has 2 rings (SSSR count). The van der Waals surface area contributed by atoms with Gasteiger partial charge in [-0.15, -0.1) is 0 Å². The van der Waals surface area contributed by atoms with E-state index in [2.05, 4.69) is 0 Å². The van der Waals surface area contributed by atoms with Crippen molar-refractivity contribution in [1.82, 2.24) is 4.90 Å². The molecule has 1 heterocycles. The van der Waals surface area contributed by atoms with E-state index in [1.165, 1.54) is 4.90 Å². The zero-order chi connectivity index (χ0) is 9.59. The van der Waals surface area contributed by atoms with Crippen LogP contribution in [0.1, 0.15) is 19.3 Å². The Morgan fingerprint density at radius 1 is 1.23 bits per heavy atom. The number of imide groups is 1. The van der Waals surface area contributed by atoms with Gasteiger partial charge in [0.15, 0.2) is 0 Å². The van der Waals surface area contributed by atoms with Crippen LogP contribution >= 0.6 is 0 Å². The summed E-state index contributed by atoms with van der Waals surface area (Å²) in [5.41, 5.74) is 5.76. The number of carbonyl (C=O) groups excluding carboxylic acids is 2. The van der Waals surface area contributed by atoms with Crippen LogP contribution in [0.5, 0.6) is 0 Å². The van der Waals surface area contributed by atoms with Crippen molar-refractivity contribution < 1.29 is 9.59 Å². The molecule has 1 aliphatic heterocycles. The Bertz CT molecular complexity index is 264. The summed E-state index contributed by atoms with van der Waals surface area (Å²) >= 11 is 0. The molecule has 2 N–H and O–H groups in total. The Morgan fingerprint density at radius 2 is 1.85 bits per heavy atom. The van der Waals surface area contributed by atoms with Crippen molar-refractivity contribution in [3.8, 4) is 0 Å². The molecule has 0 unspecified atom stereocenters. The summed E-state index contributed by atoms with van der Waals surface area (Å²) in [7, 11) is 1.56. The Balaban J connectivity index is 2.22. The molecule has 3 atom stereocenters. The molecule has 0 aromatic heterocycles. The third-order valence-corrected chi connectivity index (χ3v) is 3.19. The Hall–Kier alpha value is -0.900. The van der Waals surface area contributed by atoms with Crippen molar-refractivity contribution in [2.75, 3.05) is 7.05 Å². The normalized spacial score (nSPS) is 39.5. The van der Waals surface area contributed by atoms with Crippen LogP contribution in [0.2, 0.25) is 0 Å². The minimum Gasteiger partial charge on any atom is -0.328 e. The van der Waals surface area contributed by atoms with Crippen LogP contribution in [0.3, 0.4) is 0 Å². The summed E-state index contributed by atoms with van der Waals surface area (Å²) in [6, 6.07) is 0.101. The van der Waals surface area contributed by atoms with E-state index in [0.717, 1.165) is 12.8 Å². The maximum absolute atomic E-state index is 11.5. The lowest BCUT2D eigenvalue weighted by Gasteiger charge is -2.25. The first-order valence-electron chi connectivity index (χ1n) is 4.68. The minimum atomic E-state index is -0.124. The first kappa shape index (κ1) is 8.69. The molecule has 1 saturated heterocycles. The molecule has 2 aliphatic rings. The first-order valence-corrected chi connectivity index (χ1v) is 4.68. The summed E-state index contributed by atoms with van der Waals surface area (Å²) in [6.07, 6.45) is 2.33. The van der Waals surface area contributed by atoms with Gasteiger partial charge in [-0.25, -0.2) is 0 Å². The molecule has 1 saturated carbocycles. The molecular formula is C9H14N2O2. The number of nitrogens with two attached hydrogens (primary N) is 1. The second-order valence-corrected chi connectivity index (χ2v) is 4.02. The average molecular weight is 182 g/mol. The van der Waals surface area contributed by atoms with Gasteiger partial charge in [-0.3, -0.25) is 14.5 Å². The lowest BCUT2D eigenvalue weighted by molar-refractivity contribution is -0.138. The molecule has 72 valence electrons. The third kappa shape index (κ3) is 1.16. The number of likely N-dealkylation sites (tertiary alicyclic amines) is 1. The molecule has 4 heteroatoms. The van der Waals surface area contributed by atoms with Gasteiger partial charge in [-0.1, -0.05) is 0 Å². The van der Waals surface area contributed by atoms with Crippen LogP contribution in [0.15, 0.2) is 0 Å². The van der Waals surface area contributed by atoms with E-state index in [1.54, 1.807) is 7.05 Å². The molecule has 13 heavy (non-hydrogen) atoms. The highest BCUT2D eigenvalue weighted by atomic mass is 16.2. The summed E-state index contributed by atoms with van der Waals surface area (Å²) in [5.74, 6) is -0.245. The van der Waals surface area contributed by atoms with Gasteiger partial charge >= 0.3 is 0 Å². The minimum absolute atomic E-state index is 0.0121. The smallest absolute Gasteiger partial charge is 0.232 e. The molecule has 0 spiro atoms. The Kier molecular flexibility index (Phi) is 1.87. The number of nitrogens with zero attached hydrogens (tertiary/aromatic N) is 1. The molecule has 2 fully saturated rings. The van der Waals surface area contributed by atoms with Gasteiger partial charge in [0.2, 0.25) is 11.8 Å². The van der Waals surface area contributed by atoms with Gasteiger partial charge in [0.05, 0.1) is 11.8 Å². The van der Waals surface area contributed by atoms with Crippen molar-refractivity contribution in [2.24, 2.45) is 17.6 Å². The van der Waals surface area contributed by atoms with Crippen molar-refractivity contribution in [3.05, 3.63) is 0 Å². The van der Waals surface area contributed by atoms with Crippen molar-refractivity contribution in [3.63, 3.8) is 0 Å². The maximum atomic E-state index is 11.5. The second kappa shape index (κ2) is 2.80. The SMILES string of the molecule is CN1C(=O)[C@H]2C[C@@H](N)CC[C@H]2C1=O. The predicted octanol–water partition coefficient (Wildman–Crippen LogP) is -0.271. The highest BCUT2D eigenvalue weighted by Crippen LogP contribution is 2.36. The van der Waals surface area contributed by atoms with Crippen LogP contribution in [0.25, 0.3) is 0 Å². The van der Waals surface area contributed by atoms with E-state index in [4.69, 9.17) is 5.73 Å². The molecule has 0 radical (unpaired) electrons. The van der Waals surface area contributed by atoms with Crippen LogP contribution < -0.4 is 5.73 Å². The summed E-state index contributed by atoms with van der Waals surface area (Å²) in [5, 5.41) is 0. The maximum Gasteiger partial charge on any atom is 0.232 e. The van der Waals surface area contributed by atoms with Gasteiger partial charge in [0.25, 0.3) is 0 Å². The number of hydrogen-bond donors (Lipinski definition) is 1. The molecule has 2 amide bonds. The van der Waals surface area contributed by atoms with Crippen LogP contribution in [-0.4, -0.2) is 29.8 Å². The molecule has 0 bridgehead atoms.